The fraction of sp³-hybridized carbons (Fsp3) is 0.294. The van der Waals surface area contributed by atoms with Crippen molar-refractivity contribution in [1.29, 1.82) is 0 Å². The molecule has 25 heavy (non-hydrogen) atoms. The third-order valence-corrected chi connectivity index (χ3v) is 5.04. The largest absolute Gasteiger partial charge is 0.367 e. The number of fused-ring (bicyclic) bond motifs is 1. The predicted octanol–water partition coefficient (Wildman–Crippen LogP) is 2.77. The number of ketones is 1. The highest BCUT2D eigenvalue weighted by molar-refractivity contribution is 9.10. The third kappa shape index (κ3) is 2.47. The molecule has 8 heteroatoms. The molecule has 2 aliphatic rings. The molecule has 2 aliphatic heterocycles. The highest BCUT2D eigenvalue weighted by atomic mass is 79.9. The number of aromatic nitrogens is 1. The minimum absolute atomic E-state index is 0.0471. The van der Waals surface area contributed by atoms with E-state index in [4.69, 9.17) is 9.26 Å². The van der Waals surface area contributed by atoms with Crippen molar-refractivity contribution >= 4 is 27.5 Å². The van der Waals surface area contributed by atoms with E-state index < -0.39 is 17.4 Å². The molecule has 1 atom stereocenters. The molecule has 0 bridgehead atoms. The zero-order chi connectivity index (χ0) is 17.7. The van der Waals surface area contributed by atoms with Gasteiger partial charge in [-0.2, -0.15) is 4.74 Å². The van der Waals surface area contributed by atoms with Crippen LogP contribution in [0.25, 0.3) is 0 Å². The van der Waals surface area contributed by atoms with Gasteiger partial charge in [0.25, 0.3) is 0 Å². The normalized spacial score (nSPS) is 19.5. The number of benzene rings is 1. The third-order valence-electron chi connectivity index (χ3n) is 4.43. The van der Waals surface area contributed by atoms with Crippen molar-refractivity contribution in [1.82, 2.24) is 4.74 Å². The van der Waals surface area contributed by atoms with Gasteiger partial charge in [-0.25, -0.2) is 9.18 Å². The maximum Gasteiger partial charge on any atom is 0.363 e. The van der Waals surface area contributed by atoms with E-state index >= 15 is 0 Å². The standard InChI is InChI=1S/C17H14BrFN2O4/c1-2-21-16-15(17(23)25-21)13(8-3-4-10(19)9(18)5-8)14-11(20-16)6-24-7-12(14)22/h3-5,13,20H,2,6-7H2,1H3. The molecule has 1 aromatic heterocycles. The Kier molecular flexibility index (Phi) is 3.88. The molecule has 0 amide bonds. The van der Waals surface area contributed by atoms with Crippen molar-refractivity contribution in [2.45, 2.75) is 19.4 Å². The van der Waals surface area contributed by atoms with Crippen LogP contribution in [0.2, 0.25) is 0 Å². The summed E-state index contributed by atoms with van der Waals surface area (Å²) in [5.41, 5.74) is 1.56. The van der Waals surface area contributed by atoms with E-state index in [2.05, 4.69) is 21.2 Å². The number of Topliss-reactive ketones (excluding diaryl/α,β-unsaturated/α-hetero) is 1. The molecule has 3 heterocycles. The zero-order valence-corrected chi connectivity index (χ0v) is 14.9. The number of hydrogen-bond donors (Lipinski definition) is 1. The van der Waals surface area contributed by atoms with Gasteiger partial charge in [-0.1, -0.05) is 6.07 Å². The topological polar surface area (TPSA) is 73.5 Å². The molecule has 0 saturated heterocycles. The van der Waals surface area contributed by atoms with Crippen molar-refractivity contribution in [2.75, 3.05) is 18.5 Å². The van der Waals surface area contributed by atoms with Crippen LogP contribution in [-0.4, -0.2) is 23.7 Å². The average molecular weight is 409 g/mol. The summed E-state index contributed by atoms with van der Waals surface area (Å²) in [4.78, 5) is 25.0. The molecule has 4 rings (SSSR count). The molecule has 1 aromatic carbocycles. The summed E-state index contributed by atoms with van der Waals surface area (Å²) >= 11 is 3.17. The molecular weight excluding hydrogens is 395 g/mol. The van der Waals surface area contributed by atoms with Gasteiger partial charge in [0.2, 0.25) is 0 Å². The van der Waals surface area contributed by atoms with E-state index in [0.717, 1.165) is 0 Å². The first-order valence-electron chi connectivity index (χ1n) is 7.81. The maximum absolute atomic E-state index is 13.7. The van der Waals surface area contributed by atoms with Crippen LogP contribution < -0.4 is 10.9 Å². The predicted molar refractivity (Wildman–Crippen MR) is 91.1 cm³/mol. The highest BCUT2D eigenvalue weighted by Gasteiger charge is 2.40. The van der Waals surface area contributed by atoms with Crippen LogP contribution in [0.1, 0.15) is 24.0 Å². The number of anilines is 1. The summed E-state index contributed by atoms with van der Waals surface area (Å²) in [5.74, 6) is -0.726. The Hall–Kier alpha value is -2.19. The van der Waals surface area contributed by atoms with Gasteiger partial charge in [0, 0.05) is 5.57 Å². The number of hydrogen-bond acceptors (Lipinski definition) is 5. The fourth-order valence-electron chi connectivity index (χ4n) is 3.35. The quantitative estimate of drug-likeness (QED) is 0.826. The maximum atomic E-state index is 13.7. The van der Waals surface area contributed by atoms with Crippen molar-refractivity contribution in [3.8, 4) is 0 Å². The Morgan fingerprint density at radius 2 is 2.16 bits per heavy atom. The first-order chi connectivity index (χ1) is 12.0. The first kappa shape index (κ1) is 16.3. The molecule has 0 aliphatic carbocycles. The van der Waals surface area contributed by atoms with E-state index in [1.807, 2.05) is 6.92 Å². The lowest BCUT2D eigenvalue weighted by Gasteiger charge is -2.31. The lowest BCUT2D eigenvalue weighted by molar-refractivity contribution is -0.121. The summed E-state index contributed by atoms with van der Waals surface area (Å²) in [6, 6.07) is 4.48. The second kappa shape index (κ2) is 5.96. The molecular formula is C17H14BrFN2O4. The van der Waals surface area contributed by atoms with Crippen molar-refractivity contribution in [3.63, 3.8) is 0 Å². The van der Waals surface area contributed by atoms with Gasteiger partial charge in [0.1, 0.15) is 12.4 Å². The summed E-state index contributed by atoms with van der Waals surface area (Å²) in [5, 5.41) is 3.11. The summed E-state index contributed by atoms with van der Waals surface area (Å²) < 4.78 is 26.0. The summed E-state index contributed by atoms with van der Waals surface area (Å²) in [7, 11) is 0. The Balaban J connectivity index is 1.99. The van der Waals surface area contributed by atoms with Crippen LogP contribution in [-0.2, 0) is 16.1 Å². The number of halogens is 2. The van der Waals surface area contributed by atoms with Crippen LogP contribution in [0.3, 0.4) is 0 Å². The van der Waals surface area contributed by atoms with Gasteiger partial charge in [-0.05, 0) is 40.5 Å². The van der Waals surface area contributed by atoms with Crippen molar-refractivity contribution < 1.29 is 18.4 Å². The average Bonchev–Trinajstić information content (AvgIpc) is 2.92. The second-order valence-corrected chi connectivity index (χ2v) is 6.73. The van der Waals surface area contributed by atoms with Gasteiger partial charge in [-0.15, -0.1) is 0 Å². The monoisotopic (exact) mass is 408 g/mol. The summed E-state index contributed by atoms with van der Waals surface area (Å²) in [6.45, 7) is 2.49. The van der Waals surface area contributed by atoms with Crippen molar-refractivity contribution in [2.24, 2.45) is 0 Å². The van der Waals surface area contributed by atoms with Gasteiger partial charge < -0.3 is 14.6 Å². The van der Waals surface area contributed by atoms with Gasteiger partial charge >= 0.3 is 5.63 Å². The minimum atomic E-state index is -0.622. The van der Waals surface area contributed by atoms with Crippen LogP contribution in [0.15, 0.2) is 43.3 Å². The number of carbonyl (C=O) groups excluding carboxylic acids is 1. The van der Waals surface area contributed by atoms with E-state index in [0.29, 0.717) is 34.8 Å². The molecule has 0 saturated carbocycles. The molecule has 130 valence electrons. The zero-order valence-electron chi connectivity index (χ0n) is 13.3. The number of nitrogens with one attached hydrogen (secondary N) is 1. The highest BCUT2D eigenvalue weighted by Crippen LogP contribution is 2.42. The Labute approximate surface area is 150 Å². The second-order valence-electron chi connectivity index (χ2n) is 5.88. The SMILES string of the molecule is CCn1oc(=O)c2c1NC1=C(C(=O)COC1)C2c1ccc(F)c(Br)c1. The molecule has 1 unspecified atom stereocenters. The number of nitrogens with zero attached hydrogens (tertiary/aromatic N) is 1. The van der Waals surface area contributed by atoms with Crippen molar-refractivity contribution in [3.05, 3.63) is 61.3 Å². The Morgan fingerprint density at radius 3 is 2.88 bits per heavy atom. The van der Waals surface area contributed by atoms with Gasteiger partial charge in [-0.3, -0.25) is 4.79 Å². The Bertz CT molecular complexity index is 976. The number of carbonyl (C=O) groups is 1. The molecule has 6 nitrogen and oxygen atoms in total. The molecule has 2 aromatic rings. The van der Waals surface area contributed by atoms with Crippen LogP contribution in [0.5, 0.6) is 0 Å². The number of ether oxygens (including phenoxy) is 1. The first-order valence-corrected chi connectivity index (χ1v) is 8.60. The minimum Gasteiger partial charge on any atom is -0.367 e. The summed E-state index contributed by atoms with van der Waals surface area (Å²) in [6.07, 6.45) is 0. The van der Waals surface area contributed by atoms with E-state index in [-0.39, 0.29) is 23.5 Å². The lowest BCUT2D eigenvalue weighted by atomic mass is 9.80. The fourth-order valence-corrected chi connectivity index (χ4v) is 3.75. The Morgan fingerprint density at radius 1 is 1.36 bits per heavy atom. The van der Waals surface area contributed by atoms with Crippen LogP contribution in [0.4, 0.5) is 10.2 Å². The molecule has 0 fully saturated rings. The molecule has 1 N–H and O–H groups in total. The van der Waals surface area contributed by atoms with Gasteiger partial charge in [0.15, 0.2) is 11.6 Å². The smallest absolute Gasteiger partial charge is 0.363 e. The van der Waals surface area contributed by atoms with E-state index in [1.54, 1.807) is 12.1 Å². The van der Waals surface area contributed by atoms with E-state index in [1.165, 1.54) is 10.8 Å². The molecule has 0 radical (unpaired) electrons. The number of rotatable bonds is 2. The van der Waals surface area contributed by atoms with Crippen LogP contribution in [0, 0.1) is 5.82 Å². The number of aryl methyl sites for hydroxylation is 1. The van der Waals surface area contributed by atoms with E-state index in [9.17, 15) is 14.0 Å². The molecule has 0 spiro atoms. The van der Waals surface area contributed by atoms with Crippen LogP contribution >= 0.6 is 15.9 Å². The lowest BCUT2D eigenvalue weighted by Crippen LogP contribution is -2.34. The van der Waals surface area contributed by atoms with Gasteiger partial charge in [0.05, 0.1) is 34.8 Å².